The lowest BCUT2D eigenvalue weighted by atomic mass is 9.98. The molecule has 1 aliphatic heterocycles. The zero-order valence-electron chi connectivity index (χ0n) is 13.3. The Morgan fingerprint density at radius 3 is 2.95 bits per heavy atom. The maximum absolute atomic E-state index is 11.7. The van der Waals surface area contributed by atoms with Crippen molar-refractivity contribution in [2.24, 2.45) is 5.92 Å². The van der Waals surface area contributed by atoms with E-state index in [2.05, 4.69) is 15.5 Å². The molecule has 1 amide bonds. The van der Waals surface area contributed by atoms with E-state index in [0.717, 1.165) is 39.3 Å². The molecule has 0 spiro atoms. The van der Waals surface area contributed by atoms with Crippen LogP contribution in [0.15, 0.2) is 0 Å². The molecule has 20 heavy (non-hydrogen) atoms. The van der Waals surface area contributed by atoms with Crippen LogP contribution in [0.3, 0.4) is 0 Å². The molecule has 1 rings (SSSR count). The Hall–Kier alpha value is -0.650. The maximum atomic E-state index is 11.7. The van der Waals surface area contributed by atoms with Gasteiger partial charge in [-0.15, -0.1) is 0 Å². The van der Waals surface area contributed by atoms with E-state index in [-0.39, 0.29) is 11.9 Å². The number of carbonyl (C=O) groups excluding carboxylic acids is 1. The number of rotatable bonds is 9. The number of piperidine rings is 1. The maximum Gasteiger partial charge on any atom is 0.221 e. The van der Waals surface area contributed by atoms with Gasteiger partial charge in [-0.2, -0.15) is 0 Å². The van der Waals surface area contributed by atoms with E-state index in [1.165, 1.54) is 12.8 Å². The summed E-state index contributed by atoms with van der Waals surface area (Å²) >= 11 is 0. The average Bonchev–Trinajstić information content (AvgIpc) is 2.41. The Morgan fingerprint density at radius 1 is 1.45 bits per heavy atom. The lowest BCUT2D eigenvalue weighted by molar-refractivity contribution is -0.122. The van der Waals surface area contributed by atoms with Crippen LogP contribution in [0.2, 0.25) is 0 Å². The van der Waals surface area contributed by atoms with Crippen molar-refractivity contribution in [3.63, 3.8) is 0 Å². The fourth-order valence-corrected chi connectivity index (χ4v) is 2.66. The number of likely N-dealkylation sites (tertiary alicyclic amines) is 1. The van der Waals surface area contributed by atoms with Crippen molar-refractivity contribution in [2.75, 3.05) is 46.4 Å². The molecule has 0 aromatic rings. The molecule has 5 heteroatoms. The first-order chi connectivity index (χ1) is 9.61. The van der Waals surface area contributed by atoms with Crippen molar-refractivity contribution in [1.29, 1.82) is 0 Å². The third-order valence-corrected chi connectivity index (χ3v) is 3.62. The van der Waals surface area contributed by atoms with Crippen molar-refractivity contribution < 1.29 is 9.53 Å². The molecule has 2 N–H and O–H groups in total. The summed E-state index contributed by atoms with van der Waals surface area (Å²) in [7, 11) is 1.73. The highest BCUT2D eigenvalue weighted by Gasteiger charge is 2.19. The summed E-state index contributed by atoms with van der Waals surface area (Å²) in [6.07, 6.45) is 3.14. The monoisotopic (exact) mass is 285 g/mol. The van der Waals surface area contributed by atoms with E-state index in [4.69, 9.17) is 4.74 Å². The molecule has 0 bridgehead atoms. The van der Waals surface area contributed by atoms with Crippen LogP contribution < -0.4 is 10.6 Å². The van der Waals surface area contributed by atoms with Crippen molar-refractivity contribution in [2.45, 2.75) is 39.2 Å². The standard InChI is InChI=1S/C15H31N3O2/c1-13(2)17-15(19)6-9-18-8-4-5-14(12-18)11-16-7-10-20-3/h13-14,16H,4-12H2,1-3H3,(H,17,19). The van der Waals surface area contributed by atoms with Crippen LogP contribution in [0.1, 0.15) is 33.1 Å². The molecule has 0 aromatic heterocycles. The number of hydrogen-bond donors (Lipinski definition) is 2. The van der Waals surface area contributed by atoms with Crippen molar-refractivity contribution in [3.8, 4) is 0 Å². The van der Waals surface area contributed by atoms with Gasteiger partial charge in [0.05, 0.1) is 6.61 Å². The SMILES string of the molecule is COCCNCC1CCCN(CCC(=O)NC(C)C)C1. The highest BCUT2D eigenvalue weighted by Crippen LogP contribution is 2.15. The number of nitrogens with one attached hydrogen (secondary N) is 2. The first kappa shape index (κ1) is 17.4. The van der Waals surface area contributed by atoms with Crippen LogP contribution in [-0.4, -0.2) is 63.3 Å². The molecule has 5 nitrogen and oxygen atoms in total. The molecule has 0 radical (unpaired) electrons. The number of amides is 1. The Morgan fingerprint density at radius 2 is 2.25 bits per heavy atom. The van der Waals surface area contributed by atoms with Crippen LogP contribution in [0.4, 0.5) is 0 Å². The van der Waals surface area contributed by atoms with Crippen LogP contribution in [0.25, 0.3) is 0 Å². The van der Waals surface area contributed by atoms with E-state index in [1.54, 1.807) is 7.11 Å². The minimum atomic E-state index is 0.167. The topological polar surface area (TPSA) is 53.6 Å². The van der Waals surface area contributed by atoms with Crippen molar-refractivity contribution in [3.05, 3.63) is 0 Å². The van der Waals surface area contributed by atoms with E-state index in [1.807, 2.05) is 13.8 Å². The first-order valence-corrected chi connectivity index (χ1v) is 7.83. The van der Waals surface area contributed by atoms with Crippen LogP contribution >= 0.6 is 0 Å². The van der Waals surface area contributed by atoms with Gasteiger partial charge in [0.2, 0.25) is 5.91 Å². The van der Waals surface area contributed by atoms with E-state index in [9.17, 15) is 4.79 Å². The van der Waals surface area contributed by atoms with Gasteiger partial charge in [-0.05, 0) is 45.7 Å². The highest BCUT2D eigenvalue weighted by atomic mass is 16.5. The second kappa shape index (κ2) is 10.1. The second-order valence-corrected chi connectivity index (χ2v) is 5.98. The first-order valence-electron chi connectivity index (χ1n) is 7.83. The van der Waals surface area contributed by atoms with Gasteiger partial charge in [-0.25, -0.2) is 0 Å². The third kappa shape index (κ3) is 7.82. The smallest absolute Gasteiger partial charge is 0.221 e. The molecule has 1 saturated heterocycles. The summed E-state index contributed by atoms with van der Waals surface area (Å²) in [6, 6.07) is 0.238. The summed E-state index contributed by atoms with van der Waals surface area (Å²) in [6.45, 7) is 9.86. The number of nitrogens with zero attached hydrogens (tertiary/aromatic N) is 1. The number of carbonyl (C=O) groups is 1. The summed E-state index contributed by atoms with van der Waals surface area (Å²) in [5, 5.41) is 6.39. The molecule has 0 saturated carbocycles. The number of methoxy groups -OCH3 is 1. The molecule has 1 aliphatic rings. The fraction of sp³-hybridized carbons (Fsp3) is 0.933. The number of hydrogen-bond acceptors (Lipinski definition) is 4. The largest absolute Gasteiger partial charge is 0.383 e. The van der Waals surface area contributed by atoms with Crippen LogP contribution in [-0.2, 0) is 9.53 Å². The molecule has 1 atom stereocenters. The molecule has 0 aliphatic carbocycles. The van der Waals surface area contributed by atoms with Gasteiger partial charge in [0.25, 0.3) is 0 Å². The lowest BCUT2D eigenvalue weighted by Gasteiger charge is -2.32. The summed E-state index contributed by atoms with van der Waals surface area (Å²) in [5.74, 6) is 0.870. The predicted octanol–water partition coefficient (Wildman–Crippen LogP) is 0.849. The van der Waals surface area contributed by atoms with E-state index >= 15 is 0 Å². The summed E-state index contributed by atoms with van der Waals surface area (Å²) in [5.41, 5.74) is 0. The van der Waals surface area contributed by atoms with Gasteiger partial charge in [-0.3, -0.25) is 4.79 Å². The summed E-state index contributed by atoms with van der Waals surface area (Å²) in [4.78, 5) is 14.1. The third-order valence-electron chi connectivity index (χ3n) is 3.62. The van der Waals surface area contributed by atoms with Gasteiger partial charge >= 0.3 is 0 Å². The van der Waals surface area contributed by atoms with Crippen molar-refractivity contribution >= 4 is 5.91 Å². The zero-order chi connectivity index (χ0) is 14.8. The summed E-state index contributed by atoms with van der Waals surface area (Å²) < 4.78 is 5.03. The second-order valence-electron chi connectivity index (χ2n) is 5.98. The average molecular weight is 285 g/mol. The molecule has 1 unspecified atom stereocenters. The van der Waals surface area contributed by atoms with Crippen molar-refractivity contribution in [1.82, 2.24) is 15.5 Å². The number of ether oxygens (including phenoxy) is 1. The molecular weight excluding hydrogens is 254 g/mol. The molecule has 1 heterocycles. The molecule has 1 fully saturated rings. The minimum Gasteiger partial charge on any atom is -0.383 e. The van der Waals surface area contributed by atoms with Gasteiger partial charge in [-0.1, -0.05) is 0 Å². The quantitative estimate of drug-likeness (QED) is 0.617. The van der Waals surface area contributed by atoms with Gasteiger partial charge in [0.15, 0.2) is 0 Å². The Balaban J connectivity index is 2.15. The normalized spacial score (nSPS) is 20.3. The van der Waals surface area contributed by atoms with Gasteiger partial charge < -0.3 is 20.3 Å². The van der Waals surface area contributed by atoms with Crippen LogP contribution in [0, 0.1) is 5.92 Å². The Kier molecular flexibility index (Phi) is 8.82. The molecule has 0 aromatic carbocycles. The zero-order valence-corrected chi connectivity index (χ0v) is 13.3. The lowest BCUT2D eigenvalue weighted by Crippen LogP contribution is -2.42. The van der Waals surface area contributed by atoms with Gasteiger partial charge in [0, 0.05) is 39.2 Å². The minimum absolute atomic E-state index is 0.167. The Bertz CT molecular complexity index is 272. The Labute approximate surface area is 123 Å². The predicted molar refractivity (Wildman–Crippen MR) is 81.8 cm³/mol. The van der Waals surface area contributed by atoms with Gasteiger partial charge in [0.1, 0.15) is 0 Å². The molecule has 118 valence electrons. The molecular formula is C15H31N3O2. The van der Waals surface area contributed by atoms with Crippen LogP contribution in [0.5, 0.6) is 0 Å². The fourth-order valence-electron chi connectivity index (χ4n) is 2.66. The highest BCUT2D eigenvalue weighted by molar-refractivity contribution is 5.76. The van der Waals surface area contributed by atoms with E-state index < -0.39 is 0 Å². The van der Waals surface area contributed by atoms with E-state index in [0.29, 0.717) is 12.3 Å².